The van der Waals surface area contributed by atoms with E-state index < -0.39 is 12.6 Å². The highest BCUT2D eigenvalue weighted by Crippen LogP contribution is 2.30. The Morgan fingerprint density at radius 1 is 1.40 bits per heavy atom. The van der Waals surface area contributed by atoms with Crippen molar-refractivity contribution in [2.45, 2.75) is 32.9 Å². The molecule has 0 saturated carbocycles. The summed E-state index contributed by atoms with van der Waals surface area (Å²) in [5, 5.41) is 8.73. The first-order valence-corrected chi connectivity index (χ1v) is 6.45. The van der Waals surface area contributed by atoms with Crippen LogP contribution in [0.4, 0.5) is 8.78 Å². The summed E-state index contributed by atoms with van der Waals surface area (Å²) in [4.78, 5) is 12.5. The van der Waals surface area contributed by atoms with Crippen molar-refractivity contribution < 1.29 is 23.4 Å². The maximum Gasteiger partial charge on any atom is 0.387 e. The molecule has 112 valence electrons. The molecule has 0 aromatic heterocycles. The standard InChI is InChI=1S/C14H19F2NO3/c1-3-17(9-8-13(18)19)10(2)11-6-4-5-7-12(11)20-14(15)16/h4-7,10,14H,3,8-9H2,1-2H3,(H,18,19). The molecule has 0 aliphatic heterocycles. The average Bonchev–Trinajstić information content (AvgIpc) is 2.38. The molecule has 20 heavy (non-hydrogen) atoms. The molecule has 0 fully saturated rings. The van der Waals surface area contributed by atoms with Crippen LogP contribution in [0.1, 0.15) is 31.9 Å². The van der Waals surface area contributed by atoms with Gasteiger partial charge in [-0.1, -0.05) is 25.1 Å². The summed E-state index contributed by atoms with van der Waals surface area (Å²) in [5.74, 6) is -0.753. The van der Waals surface area contributed by atoms with Crippen molar-refractivity contribution in [3.63, 3.8) is 0 Å². The fourth-order valence-electron chi connectivity index (χ4n) is 2.09. The number of carboxylic acids is 1. The van der Waals surface area contributed by atoms with E-state index in [1.807, 2.05) is 18.7 Å². The van der Waals surface area contributed by atoms with Crippen molar-refractivity contribution in [1.82, 2.24) is 4.90 Å². The van der Waals surface area contributed by atoms with E-state index in [-0.39, 0.29) is 18.2 Å². The number of nitrogens with zero attached hydrogens (tertiary/aromatic N) is 1. The smallest absolute Gasteiger partial charge is 0.387 e. The van der Waals surface area contributed by atoms with Gasteiger partial charge in [-0.3, -0.25) is 9.69 Å². The van der Waals surface area contributed by atoms with Crippen LogP contribution in [0, 0.1) is 0 Å². The van der Waals surface area contributed by atoms with Crippen molar-refractivity contribution in [3.05, 3.63) is 29.8 Å². The molecule has 6 heteroatoms. The number of carbonyl (C=O) groups is 1. The minimum atomic E-state index is -2.88. The predicted molar refractivity (Wildman–Crippen MR) is 71.0 cm³/mol. The van der Waals surface area contributed by atoms with Gasteiger partial charge >= 0.3 is 12.6 Å². The molecule has 0 aliphatic rings. The van der Waals surface area contributed by atoms with Gasteiger partial charge in [-0.15, -0.1) is 0 Å². The van der Waals surface area contributed by atoms with Gasteiger partial charge in [-0.2, -0.15) is 8.78 Å². The van der Waals surface area contributed by atoms with E-state index in [9.17, 15) is 13.6 Å². The Bertz CT molecular complexity index is 440. The summed E-state index contributed by atoms with van der Waals surface area (Å²) < 4.78 is 29.3. The Labute approximate surface area is 117 Å². The summed E-state index contributed by atoms with van der Waals surface area (Å²) in [5.41, 5.74) is 0.625. The number of rotatable bonds is 8. The van der Waals surface area contributed by atoms with Crippen LogP contribution in [0.3, 0.4) is 0 Å². The third-order valence-corrected chi connectivity index (χ3v) is 3.15. The molecule has 1 aromatic rings. The zero-order chi connectivity index (χ0) is 15.1. The molecule has 1 aromatic carbocycles. The number of ether oxygens (including phenoxy) is 1. The lowest BCUT2D eigenvalue weighted by Gasteiger charge is -2.28. The van der Waals surface area contributed by atoms with Crippen molar-refractivity contribution in [2.75, 3.05) is 13.1 Å². The first-order chi connectivity index (χ1) is 9.45. The molecule has 0 radical (unpaired) electrons. The summed E-state index contributed by atoms with van der Waals surface area (Å²) in [6.45, 7) is 1.85. The Hall–Kier alpha value is -1.69. The molecule has 1 atom stereocenters. The lowest BCUT2D eigenvalue weighted by atomic mass is 10.1. The summed E-state index contributed by atoms with van der Waals surface area (Å²) in [6.07, 6.45) is 0.00997. The largest absolute Gasteiger partial charge is 0.481 e. The maximum absolute atomic E-state index is 12.4. The van der Waals surface area contributed by atoms with Crippen molar-refractivity contribution >= 4 is 5.97 Å². The maximum atomic E-state index is 12.4. The van der Waals surface area contributed by atoms with E-state index in [1.165, 1.54) is 6.07 Å². The summed E-state index contributed by atoms with van der Waals surface area (Å²) in [7, 11) is 0. The van der Waals surface area contributed by atoms with Crippen LogP contribution in [0.15, 0.2) is 24.3 Å². The van der Waals surface area contributed by atoms with Crippen LogP contribution in [0.2, 0.25) is 0 Å². The molecule has 0 aliphatic carbocycles. The molecular weight excluding hydrogens is 268 g/mol. The van der Waals surface area contributed by atoms with Crippen molar-refractivity contribution in [1.29, 1.82) is 0 Å². The molecule has 0 spiro atoms. The van der Waals surface area contributed by atoms with Gasteiger partial charge in [-0.05, 0) is 19.5 Å². The SMILES string of the molecule is CCN(CCC(=O)O)C(C)c1ccccc1OC(F)F. The van der Waals surface area contributed by atoms with Crippen LogP contribution in [-0.2, 0) is 4.79 Å². The second-order valence-electron chi connectivity index (χ2n) is 4.36. The average molecular weight is 287 g/mol. The molecule has 1 rings (SSSR count). The van der Waals surface area contributed by atoms with Crippen LogP contribution in [-0.4, -0.2) is 35.7 Å². The molecule has 0 amide bonds. The molecule has 0 bridgehead atoms. The van der Waals surface area contributed by atoms with Crippen LogP contribution in [0.25, 0.3) is 0 Å². The van der Waals surface area contributed by atoms with Gasteiger partial charge in [0.25, 0.3) is 0 Å². The number of aliphatic carboxylic acids is 1. The van der Waals surface area contributed by atoms with Gasteiger partial charge in [0.1, 0.15) is 5.75 Å². The quantitative estimate of drug-likeness (QED) is 0.798. The third-order valence-electron chi connectivity index (χ3n) is 3.15. The first kappa shape index (κ1) is 16.4. The molecule has 1 N–H and O–H groups in total. The number of alkyl halides is 2. The fraction of sp³-hybridized carbons (Fsp3) is 0.500. The minimum absolute atomic E-state index is 0.00997. The normalized spacial score (nSPS) is 12.7. The van der Waals surface area contributed by atoms with E-state index in [0.717, 1.165) is 0 Å². The number of carboxylic acid groups (broad SMARTS) is 1. The monoisotopic (exact) mass is 287 g/mol. The highest BCUT2D eigenvalue weighted by atomic mass is 19.3. The topological polar surface area (TPSA) is 49.8 Å². The van der Waals surface area contributed by atoms with Gasteiger partial charge in [0, 0.05) is 18.2 Å². The zero-order valence-corrected chi connectivity index (χ0v) is 11.6. The summed E-state index contributed by atoms with van der Waals surface area (Å²) in [6, 6.07) is 6.38. The van der Waals surface area contributed by atoms with E-state index in [0.29, 0.717) is 18.7 Å². The number of hydrogen-bond donors (Lipinski definition) is 1. The van der Waals surface area contributed by atoms with E-state index >= 15 is 0 Å². The first-order valence-electron chi connectivity index (χ1n) is 6.45. The van der Waals surface area contributed by atoms with E-state index in [4.69, 9.17) is 5.11 Å². The molecule has 0 saturated heterocycles. The number of hydrogen-bond acceptors (Lipinski definition) is 3. The van der Waals surface area contributed by atoms with E-state index in [1.54, 1.807) is 18.2 Å². The Kier molecular flexibility index (Phi) is 6.38. The predicted octanol–water partition coefficient (Wildman–Crippen LogP) is 3.15. The highest BCUT2D eigenvalue weighted by molar-refractivity contribution is 5.66. The molecule has 4 nitrogen and oxygen atoms in total. The van der Waals surface area contributed by atoms with Gasteiger partial charge in [0.05, 0.1) is 6.42 Å². The molecule has 0 heterocycles. The second-order valence-corrected chi connectivity index (χ2v) is 4.36. The van der Waals surface area contributed by atoms with Crippen LogP contribution >= 0.6 is 0 Å². The number of benzene rings is 1. The molecule has 1 unspecified atom stereocenters. The zero-order valence-electron chi connectivity index (χ0n) is 11.6. The van der Waals surface area contributed by atoms with E-state index in [2.05, 4.69) is 4.74 Å². The lowest BCUT2D eigenvalue weighted by molar-refractivity contribution is -0.137. The number of para-hydroxylation sites is 1. The second kappa shape index (κ2) is 7.79. The third kappa shape index (κ3) is 4.77. The lowest BCUT2D eigenvalue weighted by Crippen LogP contribution is -2.29. The Morgan fingerprint density at radius 3 is 2.60 bits per heavy atom. The Morgan fingerprint density at radius 2 is 2.05 bits per heavy atom. The van der Waals surface area contributed by atoms with Gasteiger partial charge in [0.15, 0.2) is 0 Å². The van der Waals surface area contributed by atoms with Crippen molar-refractivity contribution in [3.8, 4) is 5.75 Å². The van der Waals surface area contributed by atoms with Gasteiger partial charge < -0.3 is 9.84 Å². The number of halogens is 2. The van der Waals surface area contributed by atoms with Gasteiger partial charge in [-0.25, -0.2) is 0 Å². The molecular formula is C14H19F2NO3. The van der Waals surface area contributed by atoms with Crippen LogP contribution in [0.5, 0.6) is 5.75 Å². The van der Waals surface area contributed by atoms with Gasteiger partial charge in [0.2, 0.25) is 0 Å². The van der Waals surface area contributed by atoms with Crippen molar-refractivity contribution in [2.24, 2.45) is 0 Å². The summed E-state index contributed by atoms with van der Waals surface area (Å²) >= 11 is 0. The van der Waals surface area contributed by atoms with Crippen LogP contribution < -0.4 is 4.74 Å². The Balaban J connectivity index is 2.88. The fourth-order valence-corrected chi connectivity index (χ4v) is 2.09. The highest BCUT2D eigenvalue weighted by Gasteiger charge is 2.19. The minimum Gasteiger partial charge on any atom is -0.481 e.